The lowest BCUT2D eigenvalue weighted by atomic mass is 10.1. The molecule has 0 aliphatic carbocycles. The third-order valence-electron chi connectivity index (χ3n) is 5.31. The molecule has 0 aliphatic heterocycles. The minimum absolute atomic E-state index is 0.0738. The second kappa shape index (κ2) is 13.8. The SMILES string of the molecule is CCCOC(=O)CNC(=O)c1ccc(C(=O)NS(=O)(=O)c2ccc(C(=O)NCCc3ccccc3)cc2)cn1. The first kappa shape index (κ1) is 29.0. The lowest BCUT2D eigenvalue weighted by molar-refractivity contribution is -0.142. The van der Waals surface area contributed by atoms with Crippen molar-refractivity contribution < 1.29 is 32.3 Å². The zero-order valence-corrected chi connectivity index (χ0v) is 22.0. The number of nitrogens with one attached hydrogen (secondary N) is 3. The number of hydrogen-bond donors (Lipinski definition) is 3. The predicted octanol–water partition coefficient (Wildman–Crippen LogP) is 1.86. The van der Waals surface area contributed by atoms with E-state index < -0.39 is 27.8 Å². The van der Waals surface area contributed by atoms with Crippen molar-refractivity contribution in [2.45, 2.75) is 24.7 Å². The molecule has 0 unspecified atom stereocenters. The van der Waals surface area contributed by atoms with Crippen LogP contribution < -0.4 is 15.4 Å². The first-order valence-corrected chi connectivity index (χ1v) is 13.6. The minimum Gasteiger partial charge on any atom is -0.464 e. The average Bonchev–Trinajstić information content (AvgIpc) is 2.95. The molecule has 0 aliphatic rings. The van der Waals surface area contributed by atoms with Gasteiger partial charge in [0.1, 0.15) is 12.2 Å². The molecule has 1 heterocycles. The summed E-state index contributed by atoms with van der Waals surface area (Å²) in [5.74, 6) is -2.57. The van der Waals surface area contributed by atoms with Crippen LogP contribution in [0.1, 0.15) is 50.1 Å². The van der Waals surface area contributed by atoms with Crippen molar-refractivity contribution >= 4 is 33.7 Å². The van der Waals surface area contributed by atoms with E-state index in [1.54, 1.807) is 0 Å². The van der Waals surface area contributed by atoms with E-state index in [-0.39, 0.29) is 40.8 Å². The van der Waals surface area contributed by atoms with Crippen molar-refractivity contribution in [1.29, 1.82) is 0 Å². The number of carbonyl (C=O) groups excluding carboxylic acids is 4. The normalized spacial score (nSPS) is 10.8. The Hall–Kier alpha value is -4.58. The molecule has 0 atom stereocenters. The van der Waals surface area contributed by atoms with Gasteiger partial charge in [-0.15, -0.1) is 0 Å². The summed E-state index contributed by atoms with van der Waals surface area (Å²) in [7, 11) is -4.25. The van der Waals surface area contributed by atoms with Crippen LogP contribution in [0.3, 0.4) is 0 Å². The van der Waals surface area contributed by atoms with Crippen molar-refractivity contribution in [3.05, 3.63) is 95.3 Å². The van der Waals surface area contributed by atoms with Crippen LogP contribution >= 0.6 is 0 Å². The van der Waals surface area contributed by atoms with E-state index in [0.29, 0.717) is 19.4 Å². The van der Waals surface area contributed by atoms with Crippen LogP contribution in [0.4, 0.5) is 0 Å². The quantitative estimate of drug-likeness (QED) is 0.287. The van der Waals surface area contributed by atoms with Crippen LogP contribution in [0.25, 0.3) is 0 Å². The maximum Gasteiger partial charge on any atom is 0.325 e. The number of rotatable bonds is 12. The van der Waals surface area contributed by atoms with Crippen molar-refractivity contribution in [2.24, 2.45) is 0 Å². The number of pyridine rings is 1. The van der Waals surface area contributed by atoms with E-state index in [1.807, 2.05) is 42.0 Å². The zero-order chi connectivity index (χ0) is 28.3. The molecule has 0 fully saturated rings. The number of nitrogens with zero attached hydrogens (tertiary/aromatic N) is 1. The van der Waals surface area contributed by atoms with Crippen LogP contribution in [-0.4, -0.2) is 56.8 Å². The van der Waals surface area contributed by atoms with E-state index in [2.05, 4.69) is 15.6 Å². The Bertz CT molecular complexity index is 1410. The Morgan fingerprint density at radius 2 is 1.51 bits per heavy atom. The number of carbonyl (C=O) groups is 4. The van der Waals surface area contributed by atoms with Crippen molar-refractivity contribution in [3.63, 3.8) is 0 Å². The molecule has 1 aromatic heterocycles. The third kappa shape index (κ3) is 8.75. The summed E-state index contributed by atoms with van der Waals surface area (Å²) in [5.41, 5.74) is 1.17. The summed E-state index contributed by atoms with van der Waals surface area (Å²) in [4.78, 5) is 52.1. The van der Waals surface area contributed by atoms with Crippen molar-refractivity contribution in [2.75, 3.05) is 19.7 Å². The highest BCUT2D eigenvalue weighted by molar-refractivity contribution is 7.90. The standard InChI is InChI=1S/C27H28N4O7S/c1-2-16-38-24(32)18-30-27(35)23-13-10-21(17-29-23)26(34)31-39(36,37)22-11-8-20(9-12-22)25(33)28-15-14-19-6-4-3-5-7-19/h3-13,17H,2,14-16,18H2,1H3,(H,28,33)(H,30,35)(H,31,34). The van der Waals surface area contributed by atoms with Gasteiger partial charge >= 0.3 is 5.97 Å². The summed E-state index contributed by atoms with van der Waals surface area (Å²) in [5, 5.41) is 5.12. The van der Waals surface area contributed by atoms with Crippen molar-refractivity contribution in [1.82, 2.24) is 20.3 Å². The van der Waals surface area contributed by atoms with Gasteiger partial charge in [0.05, 0.1) is 17.1 Å². The smallest absolute Gasteiger partial charge is 0.325 e. The lowest BCUT2D eigenvalue weighted by Gasteiger charge is -2.09. The topological polar surface area (TPSA) is 161 Å². The van der Waals surface area contributed by atoms with Crippen LogP contribution in [0.15, 0.2) is 77.8 Å². The van der Waals surface area contributed by atoms with Gasteiger partial charge in [0.2, 0.25) is 0 Å². The molecule has 0 saturated heterocycles. The first-order chi connectivity index (χ1) is 18.7. The highest BCUT2D eigenvalue weighted by atomic mass is 32.2. The summed E-state index contributed by atoms with van der Waals surface area (Å²) < 4.78 is 32.1. The molecule has 3 aromatic rings. The maximum atomic E-state index is 12.7. The fourth-order valence-corrected chi connectivity index (χ4v) is 4.24. The van der Waals surface area contributed by atoms with Gasteiger partial charge < -0.3 is 15.4 Å². The van der Waals surface area contributed by atoms with Gasteiger partial charge in [-0.25, -0.2) is 13.1 Å². The summed E-state index contributed by atoms with van der Waals surface area (Å²) >= 11 is 0. The predicted molar refractivity (Wildman–Crippen MR) is 141 cm³/mol. The minimum atomic E-state index is -4.25. The molecular weight excluding hydrogens is 524 g/mol. The molecule has 0 bridgehead atoms. The Morgan fingerprint density at radius 3 is 2.15 bits per heavy atom. The average molecular weight is 553 g/mol. The van der Waals surface area contributed by atoms with Crippen LogP contribution in [0, 0.1) is 0 Å². The monoisotopic (exact) mass is 552 g/mol. The number of sulfonamides is 1. The van der Waals surface area contributed by atoms with Crippen LogP contribution in [0.5, 0.6) is 0 Å². The highest BCUT2D eigenvalue weighted by Gasteiger charge is 2.20. The number of benzene rings is 2. The van der Waals surface area contributed by atoms with Crippen LogP contribution in [0.2, 0.25) is 0 Å². The fraction of sp³-hybridized carbons (Fsp3) is 0.222. The number of hydrogen-bond acceptors (Lipinski definition) is 8. The molecule has 204 valence electrons. The Labute approximate surface area is 226 Å². The third-order valence-corrected chi connectivity index (χ3v) is 6.66. The molecular formula is C27H28N4O7S. The summed E-state index contributed by atoms with van der Waals surface area (Å²) in [6.07, 6.45) is 2.34. The maximum absolute atomic E-state index is 12.7. The molecule has 0 saturated carbocycles. The molecule has 3 amide bonds. The molecule has 12 heteroatoms. The highest BCUT2D eigenvalue weighted by Crippen LogP contribution is 2.12. The van der Waals surface area contributed by atoms with Crippen LogP contribution in [-0.2, 0) is 26.0 Å². The number of esters is 1. The number of aromatic nitrogens is 1. The largest absolute Gasteiger partial charge is 0.464 e. The van der Waals surface area contributed by atoms with Gasteiger partial charge in [0, 0.05) is 18.3 Å². The van der Waals surface area contributed by atoms with Gasteiger partial charge in [-0.05, 0) is 54.8 Å². The van der Waals surface area contributed by atoms with E-state index in [0.717, 1.165) is 11.8 Å². The Morgan fingerprint density at radius 1 is 0.821 bits per heavy atom. The number of amides is 3. The fourth-order valence-electron chi connectivity index (χ4n) is 3.26. The van der Waals surface area contributed by atoms with Gasteiger partial charge in [-0.3, -0.25) is 24.2 Å². The Kier molecular flexibility index (Phi) is 10.3. The van der Waals surface area contributed by atoms with Gasteiger partial charge in [0.15, 0.2) is 0 Å². The second-order valence-corrected chi connectivity index (χ2v) is 9.97. The molecule has 0 spiro atoms. The van der Waals surface area contributed by atoms with E-state index in [1.165, 1.54) is 36.4 Å². The zero-order valence-electron chi connectivity index (χ0n) is 21.2. The molecule has 3 N–H and O–H groups in total. The van der Waals surface area contributed by atoms with E-state index in [9.17, 15) is 27.6 Å². The summed E-state index contributed by atoms with van der Waals surface area (Å²) in [6, 6.07) is 17.2. The number of ether oxygens (including phenoxy) is 1. The lowest BCUT2D eigenvalue weighted by Crippen LogP contribution is -2.32. The van der Waals surface area contributed by atoms with Gasteiger partial charge in [-0.1, -0.05) is 37.3 Å². The first-order valence-electron chi connectivity index (χ1n) is 12.1. The van der Waals surface area contributed by atoms with Gasteiger partial charge in [0.25, 0.3) is 27.7 Å². The molecule has 39 heavy (non-hydrogen) atoms. The van der Waals surface area contributed by atoms with E-state index >= 15 is 0 Å². The molecule has 11 nitrogen and oxygen atoms in total. The second-order valence-electron chi connectivity index (χ2n) is 8.29. The van der Waals surface area contributed by atoms with Gasteiger partial charge in [-0.2, -0.15) is 0 Å². The Balaban J connectivity index is 1.53. The molecule has 2 aromatic carbocycles. The summed E-state index contributed by atoms with van der Waals surface area (Å²) in [6.45, 7) is 2.16. The van der Waals surface area contributed by atoms with Crippen molar-refractivity contribution in [3.8, 4) is 0 Å². The molecule has 3 rings (SSSR count). The van der Waals surface area contributed by atoms with E-state index in [4.69, 9.17) is 4.74 Å². The molecule has 0 radical (unpaired) electrons.